The Hall–Kier alpha value is -2.64. The molecule has 0 fully saturated rings. The van der Waals surface area contributed by atoms with E-state index in [4.69, 9.17) is 4.74 Å². The second-order valence-electron chi connectivity index (χ2n) is 7.48. The number of halogens is 1. The molecule has 1 amide bonds. The van der Waals surface area contributed by atoms with E-state index < -0.39 is 6.10 Å². The van der Waals surface area contributed by atoms with Crippen molar-refractivity contribution in [3.05, 3.63) is 53.3 Å². The van der Waals surface area contributed by atoms with Crippen molar-refractivity contribution in [2.24, 2.45) is 0 Å². The van der Waals surface area contributed by atoms with Crippen LogP contribution in [0.4, 0.5) is 10.1 Å². The number of aliphatic hydroxyl groups is 1. The molecule has 0 unspecified atom stereocenters. The van der Waals surface area contributed by atoms with E-state index in [2.05, 4.69) is 5.32 Å². The van der Waals surface area contributed by atoms with Crippen LogP contribution < -0.4 is 10.1 Å². The first-order valence-corrected chi connectivity index (χ1v) is 8.77. The van der Waals surface area contributed by atoms with Gasteiger partial charge in [-0.15, -0.1) is 0 Å². The lowest BCUT2D eigenvalue weighted by Crippen LogP contribution is -2.44. The molecule has 0 aromatic heterocycles. The summed E-state index contributed by atoms with van der Waals surface area (Å²) < 4.78 is 19.0. The average molecular weight is 375 g/mol. The number of ether oxygens (including phenoxy) is 1. The minimum absolute atomic E-state index is 0.0507. The molecule has 3 rings (SSSR count). The fraction of sp³-hybridized carbons (Fsp3) is 0.350. The van der Waals surface area contributed by atoms with E-state index in [0.29, 0.717) is 28.0 Å². The van der Waals surface area contributed by atoms with E-state index in [1.165, 1.54) is 24.3 Å². The number of amides is 1. The number of hydrogen-bond acceptors (Lipinski definition) is 4. The van der Waals surface area contributed by atoms with Gasteiger partial charge in [0.1, 0.15) is 30.0 Å². The maximum absolute atomic E-state index is 13.0. The molecule has 0 radical (unpaired) electrons. The second-order valence-corrected chi connectivity index (χ2v) is 7.48. The first kappa shape index (κ1) is 19.1. The van der Waals surface area contributed by atoms with E-state index in [9.17, 15) is 19.4 Å². The fourth-order valence-corrected chi connectivity index (χ4v) is 3.20. The number of carbonyl (C=O) groups excluding carboxylic acids is 1. The molecular formula is C20H24FN2O4+. The fourth-order valence-electron chi connectivity index (χ4n) is 3.20. The van der Waals surface area contributed by atoms with Gasteiger partial charge in [0.15, 0.2) is 6.61 Å². The van der Waals surface area contributed by atoms with Crippen LogP contribution in [0.1, 0.15) is 17.2 Å². The second kappa shape index (κ2) is 7.54. The molecule has 0 bridgehead atoms. The van der Waals surface area contributed by atoms with Crippen LogP contribution in [-0.4, -0.2) is 54.4 Å². The number of anilines is 1. The third-order valence-corrected chi connectivity index (χ3v) is 4.67. The standard InChI is InChI=1S/C20H23FN2O4/c1-23(2,8-7-13-3-5-14(21)6-4-13)11-18(25)16-9-15(24)10-17-20(16)27-12-19(26)22-17/h3-6,9-10,18,25H,7-8,11-12H2,1-2H3,(H-,22,24,26)/p+1/t18-/m0/s1. The van der Waals surface area contributed by atoms with Crippen LogP contribution in [0.3, 0.4) is 0 Å². The monoisotopic (exact) mass is 375 g/mol. The molecule has 1 aliphatic heterocycles. The number of aliphatic hydroxyl groups excluding tert-OH is 1. The molecule has 0 saturated carbocycles. The Morgan fingerprint density at radius 1 is 1.26 bits per heavy atom. The van der Waals surface area contributed by atoms with Crippen molar-refractivity contribution in [3.63, 3.8) is 0 Å². The molecule has 1 aliphatic rings. The van der Waals surface area contributed by atoms with Crippen LogP contribution in [0, 0.1) is 5.82 Å². The largest absolute Gasteiger partial charge is 0.508 e. The number of quaternary nitrogens is 1. The Morgan fingerprint density at radius 2 is 1.96 bits per heavy atom. The predicted octanol–water partition coefficient (Wildman–Crippen LogP) is 2.21. The molecule has 0 saturated heterocycles. The summed E-state index contributed by atoms with van der Waals surface area (Å²) in [4.78, 5) is 11.5. The van der Waals surface area contributed by atoms with Crippen molar-refractivity contribution in [2.75, 3.05) is 39.1 Å². The molecule has 1 heterocycles. The van der Waals surface area contributed by atoms with Gasteiger partial charge in [0.2, 0.25) is 0 Å². The smallest absolute Gasteiger partial charge is 0.262 e. The number of likely N-dealkylation sites (N-methyl/N-ethyl adjacent to an activating group) is 1. The molecule has 3 N–H and O–H groups in total. The Morgan fingerprint density at radius 3 is 2.67 bits per heavy atom. The number of fused-ring (bicyclic) bond motifs is 1. The van der Waals surface area contributed by atoms with Gasteiger partial charge in [0.05, 0.1) is 26.3 Å². The molecular weight excluding hydrogens is 351 g/mol. The summed E-state index contributed by atoms with van der Waals surface area (Å²) in [6, 6.07) is 9.25. The summed E-state index contributed by atoms with van der Waals surface area (Å²) in [7, 11) is 3.98. The number of nitrogens with zero attached hydrogens (tertiary/aromatic N) is 1. The lowest BCUT2D eigenvalue weighted by Gasteiger charge is -2.33. The van der Waals surface area contributed by atoms with Gasteiger partial charge in [0.25, 0.3) is 5.91 Å². The van der Waals surface area contributed by atoms with Crippen LogP contribution in [-0.2, 0) is 11.2 Å². The maximum Gasteiger partial charge on any atom is 0.262 e. The number of hydrogen-bond donors (Lipinski definition) is 3. The zero-order valence-corrected chi connectivity index (χ0v) is 15.4. The molecule has 7 heteroatoms. The Kier molecular flexibility index (Phi) is 5.34. The van der Waals surface area contributed by atoms with Gasteiger partial charge in [-0.2, -0.15) is 0 Å². The van der Waals surface area contributed by atoms with Gasteiger partial charge in [0, 0.05) is 18.1 Å². The zero-order valence-electron chi connectivity index (χ0n) is 15.4. The summed E-state index contributed by atoms with van der Waals surface area (Å²) in [5, 5.41) is 23.3. The minimum atomic E-state index is -0.885. The van der Waals surface area contributed by atoms with E-state index in [0.717, 1.165) is 18.5 Å². The number of phenols is 1. The highest BCUT2D eigenvalue weighted by molar-refractivity contribution is 5.96. The van der Waals surface area contributed by atoms with E-state index in [1.54, 1.807) is 12.1 Å². The maximum atomic E-state index is 13.0. The normalized spacial score (nSPS) is 14.9. The highest BCUT2D eigenvalue weighted by atomic mass is 19.1. The summed E-state index contributed by atoms with van der Waals surface area (Å²) in [6.45, 7) is 0.996. The van der Waals surface area contributed by atoms with E-state index in [-0.39, 0.29) is 24.1 Å². The Labute approximate surface area is 157 Å². The highest BCUT2D eigenvalue weighted by Crippen LogP contribution is 2.39. The lowest BCUT2D eigenvalue weighted by atomic mass is 10.0. The molecule has 0 spiro atoms. The number of phenolic OH excluding ortho intramolecular Hbond substituents is 1. The molecule has 2 aromatic rings. The third-order valence-electron chi connectivity index (χ3n) is 4.67. The third kappa shape index (κ3) is 4.75. The number of aromatic hydroxyl groups is 1. The number of rotatable bonds is 6. The van der Waals surface area contributed by atoms with Crippen molar-refractivity contribution in [3.8, 4) is 11.5 Å². The van der Waals surface area contributed by atoms with Gasteiger partial charge in [-0.3, -0.25) is 4.79 Å². The van der Waals surface area contributed by atoms with Gasteiger partial charge >= 0.3 is 0 Å². The van der Waals surface area contributed by atoms with Gasteiger partial charge in [-0.05, 0) is 23.8 Å². The van der Waals surface area contributed by atoms with E-state index >= 15 is 0 Å². The van der Waals surface area contributed by atoms with Gasteiger partial charge in [-0.25, -0.2) is 4.39 Å². The molecule has 0 aliphatic carbocycles. The van der Waals surface area contributed by atoms with E-state index in [1.807, 2.05) is 14.1 Å². The van der Waals surface area contributed by atoms with Crippen LogP contribution in [0.15, 0.2) is 36.4 Å². The summed E-state index contributed by atoms with van der Waals surface area (Å²) in [5.41, 5.74) is 1.83. The van der Waals surface area contributed by atoms with Crippen molar-refractivity contribution >= 4 is 11.6 Å². The highest BCUT2D eigenvalue weighted by Gasteiger charge is 2.28. The van der Waals surface area contributed by atoms with Crippen LogP contribution >= 0.6 is 0 Å². The Bertz CT molecular complexity index is 837. The number of benzene rings is 2. The first-order chi connectivity index (χ1) is 12.7. The SMILES string of the molecule is C[N+](C)(CCc1ccc(F)cc1)C[C@H](O)c1cc(O)cc2c1OCC(=O)N2. The summed E-state index contributed by atoms with van der Waals surface area (Å²) >= 11 is 0. The quantitative estimate of drug-likeness (QED) is 0.677. The van der Waals surface area contributed by atoms with Crippen LogP contribution in [0.5, 0.6) is 11.5 Å². The lowest BCUT2D eigenvalue weighted by molar-refractivity contribution is -0.893. The van der Waals surface area contributed by atoms with Gasteiger partial charge in [-0.1, -0.05) is 12.1 Å². The first-order valence-electron chi connectivity index (χ1n) is 8.77. The molecule has 1 atom stereocenters. The zero-order chi connectivity index (χ0) is 19.6. The van der Waals surface area contributed by atoms with Crippen LogP contribution in [0.2, 0.25) is 0 Å². The number of carbonyl (C=O) groups is 1. The Balaban J connectivity index is 1.71. The van der Waals surface area contributed by atoms with Crippen molar-refractivity contribution in [2.45, 2.75) is 12.5 Å². The molecule has 6 nitrogen and oxygen atoms in total. The predicted molar refractivity (Wildman–Crippen MR) is 99.1 cm³/mol. The minimum Gasteiger partial charge on any atom is -0.508 e. The topological polar surface area (TPSA) is 78.8 Å². The molecule has 144 valence electrons. The van der Waals surface area contributed by atoms with Crippen molar-refractivity contribution in [1.29, 1.82) is 0 Å². The van der Waals surface area contributed by atoms with Crippen molar-refractivity contribution in [1.82, 2.24) is 0 Å². The molecule has 2 aromatic carbocycles. The molecule has 27 heavy (non-hydrogen) atoms. The average Bonchev–Trinajstić information content (AvgIpc) is 2.59. The summed E-state index contributed by atoms with van der Waals surface area (Å²) in [6.07, 6.45) is -0.144. The van der Waals surface area contributed by atoms with Gasteiger partial charge < -0.3 is 24.7 Å². The summed E-state index contributed by atoms with van der Waals surface area (Å²) in [5.74, 6) is -0.226. The number of nitrogens with one attached hydrogen (secondary N) is 1. The van der Waals surface area contributed by atoms with Crippen LogP contribution in [0.25, 0.3) is 0 Å². The van der Waals surface area contributed by atoms with Crippen molar-refractivity contribution < 1.29 is 28.6 Å².